The standard InChI is InChI=1S/C22H18ClFN2O5S/c23-18-11-16(7-8-19(18)24)26(32(28,29)17-4-2-1-3-5-17)13-22(27)25-12-15-6-9-20-21(10-15)31-14-30-20/h1-11H,12-14H2,(H,25,27). The van der Waals surface area contributed by atoms with Crippen LogP contribution in [0.15, 0.2) is 71.6 Å². The monoisotopic (exact) mass is 476 g/mol. The molecule has 0 atom stereocenters. The molecule has 1 N–H and O–H groups in total. The maximum Gasteiger partial charge on any atom is 0.264 e. The first kappa shape index (κ1) is 21.9. The van der Waals surface area contributed by atoms with E-state index in [2.05, 4.69) is 5.32 Å². The Bertz CT molecular complexity index is 1250. The van der Waals surface area contributed by atoms with Crippen LogP contribution in [0.2, 0.25) is 5.02 Å². The van der Waals surface area contributed by atoms with Gasteiger partial charge in [0.15, 0.2) is 11.5 Å². The van der Waals surface area contributed by atoms with Crippen LogP contribution >= 0.6 is 11.6 Å². The lowest BCUT2D eigenvalue weighted by atomic mass is 10.2. The van der Waals surface area contributed by atoms with Crippen LogP contribution in [0.5, 0.6) is 11.5 Å². The van der Waals surface area contributed by atoms with Crippen molar-refractivity contribution in [3.05, 3.63) is 83.1 Å². The molecule has 0 spiro atoms. The van der Waals surface area contributed by atoms with Gasteiger partial charge in [0.2, 0.25) is 12.7 Å². The number of sulfonamides is 1. The number of nitrogens with zero attached hydrogens (tertiary/aromatic N) is 1. The van der Waals surface area contributed by atoms with Gasteiger partial charge in [0, 0.05) is 6.54 Å². The summed E-state index contributed by atoms with van der Waals surface area (Å²) < 4.78 is 51.6. The lowest BCUT2D eigenvalue weighted by Crippen LogP contribution is -2.40. The molecular weight excluding hydrogens is 459 g/mol. The number of anilines is 1. The second-order valence-electron chi connectivity index (χ2n) is 6.89. The third-order valence-electron chi connectivity index (χ3n) is 4.74. The highest BCUT2D eigenvalue weighted by Crippen LogP contribution is 2.32. The third-order valence-corrected chi connectivity index (χ3v) is 6.81. The lowest BCUT2D eigenvalue weighted by molar-refractivity contribution is -0.119. The molecular formula is C22H18ClFN2O5S. The number of hydrogen-bond donors (Lipinski definition) is 1. The molecule has 7 nitrogen and oxygen atoms in total. The first-order valence-corrected chi connectivity index (χ1v) is 11.3. The molecule has 4 rings (SSSR count). The van der Waals surface area contributed by atoms with Gasteiger partial charge in [0.25, 0.3) is 10.0 Å². The Morgan fingerprint density at radius 3 is 2.53 bits per heavy atom. The van der Waals surface area contributed by atoms with Crippen molar-refractivity contribution in [1.29, 1.82) is 0 Å². The number of amides is 1. The quantitative estimate of drug-likeness (QED) is 0.562. The first-order chi connectivity index (χ1) is 15.3. The zero-order chi connectivity index (χ0) is 22.7. The summed E-state index contributed by atoms with van der Waals surface area (Å²) in [7, 11) is -4.11. The minimum absolute atomic E-state index is 0.0102. The number of rotatable bonds is 7. The van der Waals surface area contributed by atoms with Gasteiger partial charge in [0.05, 0.1) is 15.6 Å². The molecule has 0 aliphatic carbocycles. The molecule has 0 unspecified atom stereocenters. The molecule has 1 aliphatic rings. The Balaban J connectivity index is 1.56. The van der Waals surface area contributed by atoms with E-state index >= 15 is 0 Å². The molecule has 1 heterocycles. The van der Waals surface area contributed by atoms with E-state index in [1.807, 2.05) is 0 Å². The Labute approximate surface area is 189 Å². The highest BCUT2D eigenvalue weighted by Gasteiger charge is 2.27. The molecule has 1 aliphatic heterocycles. The van der Waals surface area contributed by atoms with Gasteiger partial charge >= 0.3 is 0 Å². The van der Waals surface area contributed by atoms with Crippen molar-refractivity contribution in [2.45, 2.75) is 11.4 Å². The number of hydrogen-bond acceptors (Lipinski definition) is 5. The number of ether oxygens (including phenoxy) is 2. The summed E-state index contributed by atoms with van der Waals surface area (Å²) in [6.45, 7) is -0.236. The van der Waals surface area contributed by atoms with Crippen molar-refractivity contribution < 1.29 is 27.1 Å². The van der Waals surface area contributed by atoms with Crippen LogP contribution in [0, 0.1) is 5.82 Å². The normalized spacial score (nSPS) is 12.4. The molecule has 166 valence electrons. The van der Waals surface area contributed by atoms with Crippen LogP contribution in [0.25, 0.3) is 0 Å². The van der Waals surface area contributed by atoms with Crippen LogP contribution < -0.4 is 19.1 Å². The van der Waals surface area contributed by atoms with Crippen molar-refractivity contribution in [3.8, 4) is 11.5 Å². The van der Waals surface area contributed by atoms with Crippen molar-refractivity contribution in [1.82, 2.24) is 5.32 Å². The highest BCUT2D eigenvalue weighted by atomic mass is 35.5. The first-order valence-electron chi connectivity index (χ1n) is 9.52. The van der Waals surface area contributed by atoms with E-state index in [1.165, 1.54) is 24.3 Å². The van der Waals surface area contributed by atoms with Crippen molar-refractivity contribution >= 4 is 33.2 Å². The van der Waals surface area contributed by atoms with E-state index in [4.69, 9.17) is 21.1 Å². The van der Waals surface area contributed by atoms with Gasteiger partial charge in [-0.2, -0.15) is 0 Å². The number of nitrogens with one attached hydrogen (secondary N) is 1. The number of carbonyl (C=O) groups excluding carboxylic acids is 1. The average Bonchev–Trinajstić information content (AvgIpc) is 3.26. The maximum atomic E-state index is 13.6. The van der Waals surface area contributed by atoms with Crippen molar-refractivity contribution in [2.24, 2.45) is 0 Å². The Hall–Kier alpha value is -3.30. The van der Waals surface area contributed by atoms with E-state index in [-0.39, 0.29) is 28.9 Å². The second-order valence-corrected chi connectivity index (χ2v) is 9.16. The third kappa shape index (κ3) is 4.63. The molecule has 10 heteroatoms. The van der Waals surface area contributed by atoms with E-state index in [0.29, 0.717) is 11.5 Å². The number of carbonyl (C=O) groups is 1. The summed E-state index contributed by atoms with van der Waals surface area (Å²) in [6, 6.07) is 16.4. The van der Waals surface area contributed by atoms with Crippen LogP contribution in [0.4, 0.5) is 10.1 Å². The second kappa shape index (κ2) is 9.05. The predicted molar refractivity (Wildman–Crippen MR) is 117 cm³/mol. The van der Waals surface area contributed by atoms with E-state index in [1.54, 1.807) is 36.4 Å². The molecule has 3 aromatic carbocycles. The minimum Gasteiger partial charge on any atom is -0.454 e. The fourth-order valence-electron chi connectivity index (χ4n) is 3.11. The SMILES string of the molecule is O=C(CN(c1ccc(F)c(Cl)c1)S(=O)(=O)c1ccccc1)NCc1ccc2c(c1)OCO2. The number of benzene rings is 3. The maximum absolute atomic E-state index is 13.6. The van der Waals surface area contributed by atoms with Gasteiger partial charge in [-0.15, -0.1) is 0 Å². The molecule has 0 fully saturated rings. The largest absolute Gasteiger partial charge is 0.454 e. The smallest absolute Gasteiger partial charge is 0.264 e. The van der Waals surface area contributed by atoms with Crippen LogP contribution in [-0.2, 0) is 21.4 Å². The van der Waals surface area contributed by atoms with E-state index < -0.39 is 28.3 Å². The topological polar surface area (TPSA) is 84.9 Å². The summed E-state index contributed by atoms with van der Waals surface area (Å²) in [4.78, 5) is 12.7. The summed E-state index contributed by atoms with van der Waals surface area (Å²) in [5.74, 6) is -0.0539. The van der Waals surface area contributed by atoms with Gasteiger partial charge < -0.3 is 14.8 Å². The van der Waals surface area contributed by atoms with Gasteiger partial charge in [-0.25, -0.2) is 12.8 Å². The predicted octanol–water partition coefficient (Wildman–Crippen LogP) is 3.72. The average molecular weight is 477 g/mol. The molecule has 1 amide bonds. The van der Waals surface area contributed by atoms with Crippen LogP contribution in [-0.4, -0.2) is 27.7 Å². The molecule has 3 aromatic rings. The van der Waals surface area contributed by atoms with Gasteiger partial charge in [-0.05, 0) is 48.0 Å². The summed E-state index contributed by atoms with van der Waals surface area (Å²) >= 11 is 5.86. The zero-order valence-electron chi connectivity index (χ0n) is 16.6. The minimum atomic E-state index is -4.11. The molecule has 0 saturated heterocycles. The fraction of sp³-hybridized carbons (Fsp3) is 0.136. The lowest BCUT2D eigenvalue weighted by Gasteiger charge is -2.24. The zero-order valence-corrected chi connectivity index (χ0v) is 18.2. The highest BCUT2D eigenvalue weighted by molar-refractivity contribution is 7.92. The molecule has 32 heavy (non-hydrogen) atoms. The number of halogens is 2. The Kier molecular flexibility index (Phi) is 6.20. The summed E-state index contributed by atoms with van der Waals surface area (Å²) in [6.07, 6.45) is 0. The Morgan fingerprint density at radius 2 is 1.78 bits per heavy atom. The van der Waals surface area contributed by atoms with Crippen LogP contribution in [0.1, 0.15) is 5.56 Å². The van der Waals surface area contributed by atoms with E-state index in [0.717, 1.165) is 15.9 Å². The van der Waals surface area contributed by atoms with Gasteiger partial charge in [0.1, 0.15) is 12.4 Å². The van der Waals surface area contributed by atoms with Gasteiger partial charge in [-0.3, -0.25) is 9.10 Å². The summed E-state index contributed by atoms with van der Waals surface area (Å²) in [5, 5.41) is 2.44. The molecule has 0 bridgehead atoms. The fourth-order valence-corrected chi connectivity index (χ4v) is 4.72. The van der Waals surface area contributed by atoms with Gasteiger partial charge in [-0.1, -0.05) is 35.9 Å². The van der Waals surface area contributed by atoms with Crippen LogP contribution in [0.3, 0.4) is 0 Å². The number of fused-ring (bicyclic) bond motifs is 1. The molecule has 0 radical (unpaired) electrons. The molecule has 0 aromatic heterocycles. The van der Waals surface area contributed by atoms with Crippen molar-refractivity contribution in [3.63, 3.8) is 0 Å². The molecule has 0 saturated carbocycles. The van der Waals surface area contributed by atoms with Crippen molar-refractivity contribution in [2.75, 3.05) is 17.6 Å². The Morgan fingerprint density at radius 1 is 1.03 bits per heavy atom. The summed E-state index contributed by atoms with van der Waals surface area (Å²) in [5.41, 5.74) is 0.823. The van der Waals surface area contributed by atoms with E-state index in [9.17, 15) is 17.6 Å².